The van der Waals surface area contributed by atoms with Gasteiger partial charge in [0.05, 0.1) is 0 Å². The van der Waals surface area contributed by atoms with Gasteiger partial charge < -0.3 is 16.4 Å². The summed E-state index contributed by atoms with van der Waals surface area (Å²) in [5.41, 5.74) is 5.43. The fraction of sp³-hybridized carbons (Fsp3) is 0.300. The van der Waals surface area contributed by atoms with Crippen LogP contribution in [0.2, 0.25) is 0 Å². The highest BCUT2D eigenvalue weighted by molar-refractivity contribution is 14.0. The quantitative estimate of drug-likeness (QED) is 0.399. The molecule has 0 bridgehead atoms. The van der Waals surface area contributed by atoms with E-state index in [0.717, 1.165) is 0 Å². The van der Waals surface area contributed by atoms with E-state index in [1.807, 2.05) is 0 Å². The lowest BCUT2D eigenvalue weighted by molar-refractivity contribution is -0.137. The number of hydrogen-bond acceptors (Lipinski definition) is 3. The number of rotatable bonds is 4. The zero-order chi connectivity index (χ0) is 14.3. The van der Waals surface area contributed by atoms with Crippen molar-refractivity contribution in [1.29, 1.82) is 0 Å². The number of hydrogen-bond donors (Lipinski definition) is 3. The third-order valence-electron chi connectivity index (χ3n) is 1.80. The second kappa shape index (κ2) is 8.55. The average Bonchev–Trinajstić information content (AvgIpc) is 2.34. The first-order valence-electron chi connectivity index (χ1n) is 5.18. The monoisotopic (exact) mass is 403 g/mol. The third-order valence-corrected chi connectivity index (χ3v) is 1.80. The van der Waals surface area contributed by atoms with Gasteiger partial charge in [-0.25, -0.2) is 9.98 Å². The Morgan fingerprint density at radius 1 is 1.40 bits per heavy atom. The number of nitrogens with zero attached hydrogens (tertiary/aromatic N) is 2. The van der Waals surface area contributed by atoms with Gasteiger partial charge in [-0.3, -0.25) is 4.79 Å². The molecule has 1 aromatic heterocycles. The lowest BCUT2D eigenvalue weighted by Gasteiger charge is -2.07. The van der Waals surface area contributed by atoms with E-state index in [1.165, 1.54) is 6.20 Å². The van der Waals surface area contributed by atoms with Crippen molar-refractivity contribution < 1.29 is 18.0 Å². The summed E-state index contributed by atoms with van der Waals surface area (Å²) in [4.78, 5) is 18.5. The van der Waals surface area contributed by atoms with Gasteiger partial charge in [0, 0.05) is 6.20 Å². The summed E-state index contributed by atoms with van der Waals surface area (Å²) in [5.74, 6) is -0.566. The Bertz CT molecular complexity index is 452. The number of anilines is 1. The van der Waals surface area contributed by atoms with Crippen LogP contribution in [0.25, 0.3) is 0 Å². The zero-order valence-corrected chi connectivity index (χ0v) is 12.5. The number of alkyl halides is 3. The molecule has 1 heterocycles. The van der Waals surface area contributed by atoms with Crippen molar-refractivity contribution in [2.75, 3.05) is 18.4 Å². The molecule has 0 saturated carbocycles. The Morgan fingerprint density at radius 2 is 2.10 bits per heavy atom. The second-order valence-electron chi connectivity index (χ2n) is 3.43. The molecule has 0 aliphatic rings. The first kappa shape index (κ1) is 18.4. The molecule has 0 spiro atoms. The summed E-state index contributed by atoms with van der Waals surface area (Å²) < 4.78 is 35.4. The second-order valence-corrected chi connectivity index (χ2v) is 3.43. The van der Waals surface area contributed by atoms with Crippen LogP contribution in [0, 0.1) is 0 Å². The van der Waals surface area contributed by atoms with Crippen LogP contribution in [0.4, 0.5) is 19.0 Å². The molecule has 0 unspecified atom stereocenters. The van der Waals surface area contributed by atoms with Crippen LogP contribution in [0.1, 0.15) is 0 Å². The molecule has 4 N–H and O–H groups in total. The Kier molecular flexibility index (Phi) is 7.87. The lowest BCUT2D eigenvalue weighted by Crippen LogP contribution is -2.35. The summed E-state index contributed by atoms with van der Waals surface area (Å²) in [6.07, 6.45) is -2.93. The smallest absolute Gasteiger partial charge is 0.370 e. The van der Waals surface area contributed by atoms with Crippen molar-refractivity contribution in [2.45, 2.75) is 6.18 Å². The molecule has 0 aliphatic carbocycles. The van der Waals surface area contributed by atoms with Gasteiger partial charge in [-0.05, 0) is 12.1 Å². The minimum Gasteiger partial charge on any atom is -0.370 e. The SMILES string of the molecule is I.NC(=NCC(=O)NCC(F)(F)F)Nc1ccccn1. The topological polar surface area (TPSA) is 92.4 Å². The molecule has 6 nitrogen and oxygen atoms in total. The van der Waals surface area contributed by atoms with E-state index < -0.39 is 25.2 Å². The number of nitrogens with one attached hydrogen (secondary N) is 2. The lowest BCUT2D eigenvalue weighted by atomic mass is 10.5. The molecule has 112 valence electrons. The molecule has 1 aromatic rings. The zero-order valence-electron chi connectivity index (χ0n) is 10.1. The number of amides is 1. The maximum atomic E-state index is 11.8. The van der Waals surface area contributed by atoms with E-state index in [4.69, 9.17) is 5.73 Å². The third kappa shape index (κ3) is 8.50. The number of guanidine groups is 1. The van der Waals surface area contributed by atoms with Crippen molar-refractivity contribution in [2.24, 2.45) is 10.7 Å². The summed E-state index contributed by atoms with van der Waals surface area (Å²) in [7, 11) is 0. The molecule has 0 fully saturated rings. The van der Waals surface area contributed by atoms with Gasteiger partial charge in [0.1, 0.15) is 18.9 Å². The number of pyridine rings is 1. The van der Waals surface area contributed by atoms with Gasteiger partial charge in [-0.2, -0.15) is 13.2 Å². The van der Waals surface area contributed by atoms with Gasteiger partial charge >= 0.3 is 6.18 Å². The first-order valence-corrected chi connectivity index (χ1v) is 5.18. The van der Waals surface area contributed by atoms with Crippen molar-refractivity contribution >= 4 is 41.7 Å². The molecule has 1 amide bonds. The summed E-state index contributed by atoms with van der Waals surface area (Å²) in [5, 5.41) is 4.26. The number of halogens is 4. The van der Waals surface area contributed by atoms with Crippen molar-refractivity contribution in [3.63, 3.8) is 0 Å². The predicted octanol–water partition coefficient (Wildman–Crippen LogP) is 1.10. The largest absolute Gasteiger partial charge is 0.405 e. The fourth-order valence-corrected chi connectivity index (χ4v) is 1.02. The van der Waals surface area contributed by atoms with Crippen molar-refractivity contribution in [1.82, 2.24) is 10.3 Å². The van der Waals surface area contributed by atoms with Crippen LogP contribution >= 0.6 is 24.0 Å². The Morgan fingerprint density at radius 3 is 2.65 bits per heavy atom. The number of carbonyl (C=O) groups excluding carboxylic acids is 1. The van der Waals surface area contributed by atoms with E-state index in [1.54, 1.807) is 23.5 Å². The van der Waals surface area contributed by atoms with Gasteiger partial charge in [-0.1, -0.05) is 6.07 Å². The molecular weight excluding hydrogens is 390 g/mol. The van der Waals surface area contributed by atoms with E-state index in [0.29, 0.717) is 5.82 Å². The average molecular weight is 403 g/mol. The molecule has 0 aliphatic heterocycles. The number of aromatic nitrogens is 1. The molecule has 1 rings (SSSR count). The van der Waals surface area contributed by atoms with E-state index in [9.17, 15) is 18.0 Å². The van der Waals surface area contributed by atoms with Gasteiger partial charge in [0.15, 0.2) is 5.96 Å². The van der Waals surface area contributed by atoms with Gasteiger partial charge in [0.25, 0.3) is 0 Å². The summed E-state index contributed by atoms with van der Waals surface area (Å²) in [6, 6.07) is 5.02. The van der Waals surface area contributed by atoms with Gasteiger partial charge in [-0.15, -0.1) is 24.0 Å². The summed E-state index contributed by atoms with van der Waals surface area (Å²) in [6.45, 7) is -1.89. The van der Waals surface area contributed by atoms with Crippen molar-refractivity contribution in [3.8, 4) is 0 Å². The van der Waals surface area contributed by atoms with Crippen LogP contribution in [0.15, 0.2) is 29.4 Å². The Labute approximate surface area is 130 Å². The van der Waals surface area contributed by atoms with E-state index >= 15 is 0 Å². The van der Waals surface area contributed by atoms with Crippen LogP contribution in [-0.2, 0) is 4.79 Å². The van der Waals surface area contributed by atoms with Crippen LogP contribution in [0.3, 0.4) is 0 Å². The molecule has 20 heavy (non-hydrogen) atoms. The van der Waals surface area contributed by atoms with Gasteiger partial charge in [0.2, 0.25) is 5.91 Å². The summed E-state index contributed by atoms with van der Waals surface area (Å²) >= 11 is 0. The Hall–Kier alpha value is -1.59. The standard InChI is InChI=1S/C10H12F3N5O.HI/c11-10(12,13)6-17-8(19)5-16-9(14)18-7-3-1-2-4-15-7;/h1-4H,5-6H2,(H,17,19)(H3,14,15,16,18);1H. The normalized spacial score (nSPS) is 11.4. The van der Waals surface area contributed by atoms with Crippen molar-refractivity contribution in [3.05, 3.63) is 24.4 Å². The maximum absolute atomic E-state index is 11.8. The minimum atomic E-state index is -4.45. The van der Waals surface area contributed by atoms with E-state index in [-0.39, 0.29) is 29.9 Å². The fourth-order valence-electron chi connectivity index (χ4n) is 1.02. The molecule has 0 aromatic carbocycles. The molecule has 0 atom stereocenters. The highest BCUT2D eigenvalue weighted by Gasteiger charge is 2.27. The molecule has 10 heteroatoms. The molecule has 0 saturated heterocycles. The minimum absolute atomic E-state index is 0. The van der Waals surface area contributed by atoms with Crippen LogP contribution in [-0.4, -0.2) is 36.1 Å². The van der Waals surface area contributed by atoms with E-state index in [2.05, 4.69) is 15.3 Å². The molecule has 0 radical (unpaired) electrons. The number of nitrogens with two attached hydrogens (primary N) is 1. The highest BCUT2D eigenvalue weighted by Crippen LogP contribution is 2.11. The van der Waals surface area contributed by atoms with Crippen LogP contribution < -0.4 is 16.4 Å². The maximum Gasteiger partial charge on any atom is 0.405 e. The number of carbonyl (C=O) groups is 1. The van der Waals surface area contributed by atoms with Crippen LogP contribution in [0.5, 0.6) is 0 Å². The predicted molar refractivity (Wildman–Crippen MR) is 78.8 cm³/mol. The first-order chi connectivity index (χ1) is 8.87. The molecular formula is C10H13F3IN5O. The Balaban J connectivity index is 0.00000361. The number of aliphatic imine (C=N–C) groups is 1. The highest BCUT2D eigenvalue weighted by atomic mass is 127.